The van der Waals surface area contributed by atoms with E-state index >= 15 is 0 Å². The van der Waals surface area contributed by atoms with Gasteiger partial charge in [-0.25, -0.2) is 0 Å². The first kappa shape index (κ1) is 44.9. The molecule has 0 amide bonds. The quantitative estimate of drug-likeness (QED) is 0.122. The summed E-state index contributed by atoms with van der Waals surface area (Å²) in [6, 6.07) is 80.2. The van der Waals surface area contributed by atoms with Crippen LogP contribution in [0.25, 0.3) is 195 Å². The fourth-order valence-corrected chi connectivity index (χ4v) is 17.0. The maximum absolute atomic E-state index is 2.52. The van der Waals surface area contributed by atoms with Crippen molar-refractivity contribution in [3.8, 4) is 44.5 Å². The summed E-state index contributed by atoms with van der Waals surface area (Å²) < 4.78 is 0. The van der Waals surface area contributed by atoms with E-state index in [4.69, 9.17) is 0 Å². The third-order valence-electron chi connectivity index (χ3n) is 20.2. The topological polar surface area (TPSA) is 0 Å². The largest absolute Gasteiger partial charge is 0.0620 e. The number of rotatable bonds is 4. The Hall–Kier alpha value is -9.88. The Morgan fingerprint density at radius 3 is 1.04 bits per heavy atom. The number of fused-ring (bicyclic) bond motifs is 15. The minimum absolute atomic E-state index is 1.28. The zero-order chi connectivity index (χ0) is 54.3. The number of hydrogen-bond donors (Lipinski definition) is 0. The molecule has 19 aromatic carbocycles. The van der Waals surface area contributed by atoms with Crippen molar-refractivity contribution >= 4 is 151 Å². The average molecular weight is 1040 g/mol. The highest BCUT2D eigenvalue weighted by atomic mass is 14.3. The molecule has 19 aromatic rings. The molecule has 0 fully saturated rings. The van der Waals surface area contributed by atoms with Gasteiger partial charge in [-0.3, -0.25) is 0 Å². The Bertz CT molecular complexity index is 5850. The molecule has 0 saturated heterocycles. The van der Waals surface area contributed by atoms with Crippen molar-refractivity contribution < 1.29 is 0 Å². The Morgan fingerprint density at radius 2 is 0.488 bits per heavy atom. The van der Waals surface area contributed by atoms with Crippen LogP contribution in [0, 0.1) is 41.5 Å². The van der Waals surface area contributed by atoms with E-state index in [9.17, 15) is 0 Å². The van der Waals surface area contributed by atoms with Crippen molar-refractivity contribution in [2.45, 2.75) is 41.5 Å². The molecule has 0 aliphatic rings. The molecule has 82 heavy (non-hydrogen) atoms. The predicted molar refractivity (Wildman–Crippen MR) is 358 cm³/mol. The monoisotopic (exact) mass is 1040 g/mol. The second-order valence-electron chi connectivity index (χ2n) is 24.3. The molecule has 0 aromatic heterocycles. The lowest BCUT2D eigenvalue weighted by molar-refractivity contribution is 1.39. The van der Waals surface area contributed by atoms with Crippen LogP contribution in [0.1, 0.15) is 33.4 Å². The highest BCUT2D eigenvalue weighted by Crippen LogP contribution is 2.60. The van der Waals surface area contributed by atoms with Gasteiger partial charge in [-0.1, -0.05) is 200 Å². The van der Waals surface area contributed by atoms with Crippen LogP contribution in [0.3, 0.4) is 0 Å². The van der Waals surface area contributed by atoms with E-state index in [0.717, 1.165) is 0 Å². The summed E-state index contributed by atoms with van der Waals surface area (Å²) in [6.07, 6.45) is 0. The highest BCUT2D eigenvalue weighted by molar-refractivity contribution is 6.53. The van der Waals surface area contributed by atoms with Gasteiger partial charge in [0.25, 0.3) is 0 Å². The van der Waals surface area contributed by atoms with E-state index < -0.39 is 0 Å². The Labute approximate surface area is 473 Å². The van der Waals surface area contributed by atoms with E-state index in [1.165, 1.54) is 229 Å². The molecule has 0 saturated carbocycles. The normalized spacial score (nSPS) is 12.8. The van der Waals surface area contributed by atoms with Gasteiger partial charge in [0, 0.05) is 0 Å². The van der Waals surface area contributed by atoms with Crippen LogP contribution in [0.5, 0.6) is 0 Å². The molecule has 0 aliphatic heterocycles. The van der Waals surface area contributed by atoms with Gasteiger partial charge in [-0.15, -0.1) is 0 Å². The second kappa shape index (κ2) is 15.5. The predicted octanol–water partition coefficient (Wildman–Crippen LogP) is 23.5. The van der Waals surface area contributed by atoms with E-state index in [2.05, 4.69) is 248 Å². The van der Waals surface area contributed by atoms with E-state index in [1.54, 1.807) is 0 Å². The highest BCUT2D eigenvalue weighted by Gasteiger charge is 2.31. The standard InChI is InChI=1S/C82H52/c1-41-16-7-9-22-48(41)76-79-59-27-15-26-50-53(66-43(3)18-13-19-44(66)4)32-36-61(69(50)59)80(79)77(49-23-10-8-17-42(49)2)82-64-39-35-57-55-33-37-62-73-58(31-30-54(70(55)73)56-34-38-63(81(76)82)74(64)71(56)57)65-40-47-28-29-60(67-45(5)20-14-21-46(67)6)72-51-24-11-12-25-52(51)78(68(47)72)75(62)65/h7-40H,1-6H3. The van der Waals surface area contributed by atoms with Gasteiger partial charge in [0.05, 0.1) is 0 Å². The first-order valence-corrected chi connectivity index (χ1v) is 29.3. The van der Waals surface area contributed by atoms with E-state index in [1.807, 2.05) is 0 Å². The Kier molecular flexibility index (Phi) is 8.50. The van der Waals surface area contributed by atoms with Gasteiger partial charge >= 0.3 is 0 Å². The third-order valence-corrected chi connectivity index (χ3v) is 20.2. The third kappa shape index (κ3) is 5.31. The molecular weight excluding hydrogens is 985 g/mol. The minimum atomic E-state index is 1.28. The average Bonchev–Trinajstić information content (AvgIpc) is 2.00. The minimum Gasteiger partial charge on any atom is -0.0620 e. The van der Waals surface area contributed by atoms with Crippen molar-refractivity contribution in [1.82, 2.24) is 0 Å². The molecule has 19 rings (SSSR count). The molecule has 0 radical (unpaired) electrons. The lowest BCUT2D eigenvalue weighted by Crippen LogP contribution is -1.91. The first-order chi connectivity index (χ1) is 40.2. The summed E-state index contributed by atoms with van der Waals surface area (Å²) in [7, 11) is 0. The Morgan fingerprint density at radius 1 is 0.159 bits per heavy atom. The van der Waals surface area contributed by atoms with Crippen LogP contribution in [-0.2, 0) is 0 Å². The summed E-state index contributed by atoms with van der Waals surface area (Å²) in [4.78, 5) is 0. The molecule has 0 heteroatoms. The van der Waals surface area contributed by atoms with Crippen molar-refractivity contribution in [3.05, 3.63) is 240 Å². The van der Waals surface area contributed by atoms with Gasteiger partial charge in [0.1, 0.15) is 0 Å². The fourth-order valence-electron chi connectivity index (χ4n) is 17.0. The number of aryl methyl sites for hydroxylation is 6. The summed E-state index contributed by atoms with van der Waals surface area (Å²) in [6.45, 7) is 13.7. The lowest BCUT2D eigenvalue weighted by Gasteiger charge is -2.17. The molecule has 380 valence electrons. The van der Waals surface area contributed by atoms with Crippen LogP contribution >= 0.6 is 0 Å². The lowest BCUT2D eigenvalue weighted by atomic mass is 9.85. The first-order valence-electron chi connectivity index (χ1n) is 29.3. The van der Waals surface area contributed by atoms with Crippen molar-refractivity contribution in [1.29, 1.82) is 0 Å². The molecule has 0 spiro atoms. The van der Waals surface area contributed by atoms with Crippen LogP contribution in [0.2, 0.25) is 0 Å². The van der Waals surface area contributed by atoms with Crippen molar-refractivity contribution in [2.24, 2.45) is 0 Å². The summed E-state index contributed by atoms with van der Waals surface area (Å²) in [5.74, 6) is 0. The summed E-state index contributed by atoms with van der Waals surface area (Å²) in [5.41, 5.74) is 18.4. The Balaban J connectivity index is 0.970. The molecule has 0 aliphatic carbocycles. The molecular formula is C82H52. The maximum Gasteiger partial charge on any atom is -0.000707 e. The number of hydrogen-bond acceptors (Lipinski definition) is 0. The summed E-state index contributed by atoms with van der Waals surface area (Å²) >= 11 is 0. The van der Waals surface area contributed by atoms with Gasteiger partial charge in [0.2, 0.25) is 0 Å². The molecule has 0 unspecified atom stereocenters. The van der Waals surface area contributed by atoms with Crippen molar-refractivity contribution in [3.63, 3.8) is 0 Å². The molecule has 0 heterocycles. The van der Waals surface area contributed by atoms with Gasteiger partial charge in [-0.05, 0) is 276 Å². The summed E-state index contributed by atoms with van der Waals surface area (Å²) in [5, 5.41) is 37.7. The van der Waals surface area contributed by atoms with E-state index in [0.29, 0.717) is 0 Å². The molecule has 0 atom stereocenters. The van der Waals surface area contributed by atoms with Crippen LogP contribution in [-0.4, -0.2) is 0 Å². The SMILES string of the molecule is Cc1ccccc1-c1c2c3cccc4c(-c5c(C)cccc5C)ccc(c2c(-c2ccccc2C)c2c5ccc6c7ccc8c9c(ccc(c%10ccc(c12)c5c%106)c79)c1cc2ccc(-c5c(C)cccc5C)c5c6ccccc6c(c18)c25)c43. The molecule has 0 bridgehead atoms. The van der Waals surface area contributed by atoms with Crippen molar-refractivity contribution in [2.75, 3.05) is 0 Å². The van der Waals surface area contributed by atoms with Crippen LogP contribution in [0.4, 0.5) is 0 Å². The smallest absolute Gasteiger partial charge is 0.000707 e. The maximum atomic E-state index is 2.52. The van der Waals surface area contributed by atoms with Gasteiger partial charge in [0.15, 0.2) is 0 Å². The van der Waals surface area contributed by atoms with Gasteiger partial charge in [-0.2, -0.15) is 0 Å². The zero-order valence-corrected chi connectivity index (χ0v) is 46.6. The molecule has 0 N–H and O–H groups in total. The van der Waals surface area contributed by atoms with E-state index in [-0.39, 0.29) is 0 Å². The van der Waals surface area contributed by atoms with Gasteiger partial charge < -0.3 is 0 Å². The van der Waals surface area contributed by atoms with Crippen LogP contribution in [0.15, 0.2) is 206 Å². The fraction of sp³-hybridized carbons (Fsp3) is 0.0732. The number of benzene rings is 15. The second-order valence-corrected chi connectivity index (χ2v) is 24.3. The zero-order valence-electron chi connectivity index (χ0n) is 46.6. The van der Waals surface area contributed by atoms with Crippen LogP contribution < -0.4 is 0 Å². The molecule has 0 nitrogen and oxygen atoms in total.